The fraction of sp³-hybridized carbons (Fsp3) is 0.0435. The Morgan fingerprint density at radius 2 is 1.74 bits per heavy atom. The molecule has 6 nitrogen and oxygen atoms in total. The van der Waals surface area contributed by atoms with Crippen LogP contribution in [0, 0.1) is 0 Å². The van der Waals surface area contributed by atoms with Crippen molar-refractivity contribution in [2.45, 2.75) is 5.22 Å². The zero-order chi connectivity index (χ0) is 21.5. The van der Waals surface area contributed by atoms with E-state index in [-0.39, 0.29) is 11.7 Å². The van der Waals surface area contributed by atoms with Crippen molar-refractivity contribution in [1.82, 2.24) is 10.2 Å². The smallest absolute Gasteiger partial charge is 0.277 e. The monoisotopic (exact) mass is 448 g/mol. The van der Waals surface area contributed by atoms with E-state index in [0.717, 1.165) is 22.5 Å². The molecule has 0 atom stereocenters. The van der Waals surface area contributed by atoms with Crippen molar-refractivity contribution in [2.24, 2.45) is 4.99 Å². The van der Waals surface area contributed by atoms with E-state index in [1.165, 1.54) is 11.8 Å². The first kappa shape index (κ1) is 20.8. The summed E-state index contributed by atoms with van der Waals surface area (Å²) in [6, 6.07) is 24.2. The minimum Gasteiger partial charge on any atom is -0.411 e. The number of amides is 1. The third-order valence-electron chi connectivity index (χ3n) is 4.14. The molecule has 0 aliphatic heterocycles. The highest BCUT2D eigenvalue weighted by atomic mass is 35.5. The first-order valence-electron chi connectivity index (χ1n) is 9.37. The molecule has 4 rings (SSSR count). The van der Waals surface area contributed by atoms with Crippen LogP contribution >= 0.6 is 23.4 Å². The number of hydrogen-bond donors (Lipinski definition) is 1. The fourth-order valence-electron chi connectivity index (χ4n) is 2.62. The number of carbonyl (C=O) groups excluding carboxylic acids is 1. The number of carbonyl (C=O) groups is 1. The maximum Gasteiger partial charge on any atom is 0.277 e. The molecule has 0 saturated carbocycles. The van der Waals surface area contributed by atoms with Gasteiger partial charge in [0.25, 0.3) is 5.22 Å². The number of halogens is 1. The molecule has 0 unspecified atom stereocenters. The second-order valence-corrected chi connectivity index (χ2v) is 7.80. The minimum absolute atomic E-state index is 0.140. The van der Waals surface area contributed by atoms with Gasteiger partial charge in [0.05, 0.1) is 11.4 Å². The van der Waals surface area contributed by atoms with E-state index in [9.17, 15) is 4.79 Å². The first-order valence-corrected chi connectivity index (χ1v) is 10.7. The van der Waals surface area contributed by atoms with Crippen LogP contribution in [0.5, 0.6) is 0 Å². The SMILES string of the molecule is O=C(CSc1nnc(-c2ccc(N=Cc3ccc(Cl)cc3)cc2)o1)Nc1ccccc1. The molecule has 0 fully saturated rings. The van der Waals surface area contributed by atoms with Crippen molar-refractivity contribution in [2.75, 3.05) is 11.1 Å². The lowest BCUT2D eigenvalue weighted by atomic mass is 10.2. The number of aromatic nitrogens is 2. The molecule has 1 aromatic heterocycles. The second-order valence-electron chi connectivity index (χ2n) is 6.43. The summed E-state index contributed by atoms with van der Waals surface area (Å²) < 4.78 is 5.66. The number of hydrogen-bond acceptors (Lipinski definition) is 6. The average molecular weight is 449 g/mol. The summed E-state index contributed by atoms with van der Waals surface area (Å²) in [5.41, 5.74) is 3.28. The Balaban J connectivity index is 1.33. The first-order chi connectivity index (χ1) is 15.2. The number of rotatable bonds is 7. The van der Waals surface area contributed by atoms with Crippen molar-refractivity contribution in [3.8, 4) is 11.5 Å². The Bertz CT molecular complexity index is 1180. The zero-order valence-corrected chi connectivity index (χ0v) is 17.8. The molecule has 0 aliphatic carbocycles. The molecule has 0 saturated heterocycles. The highest BCUT2D eigenvalue weighted by Gasteiger charge is 2.11. The van der Waals surface area contributed by atoms with Crippen LogP contribution in [-0.2, 0) is 4.79 Å². The molecule has 0 bridgehead atoms. The Labute approximate surface area is 188 Å². The quantitative estimate of drug-likeness (QED) is 0.282. The van der Waals surface area contributed by atoms with Gasteiger partial charge in [-0.2, -0.15) is 0 Å². The Kier molecular flexibility index (Phi) is 6.76. The molecule has 1 amide bonds. The van der Waals surface area contributed by atoms with Crippen LogP contribution in [0.1, 0.15) is 5.56 Å². The number of thioether (sulfide) groups is 1. The lowest BCUT2D eigenvalue weighted by molar-refractivity contribution is -0.113. The standard InChI is InChI=1S/C23H17ClN4O2S/c24-18-10-6-16(7-11-18)14-25-19-12-8-17(9-13-19)22-27-28-23(30-22)31-15-21(29)26-20-4-2-1-3-5-20/h1-14H,15H2,(H,26,29). The van der Waals surface area contributed by atoms with Crippen molar-refractivity contribution in [1.29, 1.82) is 0 Å². The third-order valence-corrected chi connectivity index (χ3v) is 5.21. The van der Waals surface area contributed by atoms with Crippen LogP contribution in [0.3, 0.4) is 0 Å². The van der Waals surface area contributed by atoms with E-state index in [1.807, 2.05) is 78.9 Å². The van der Waals surface area contributed by atoms with Gasteiger partial charge in [0, 0.05) is 22.5 Å². The fourth-order valence-corrected chi connectivity index (χ4v) is 3.31. The molecule has 8 heteroatoms. The molecule has 0 spiro atoms. The molecular formula is C23H17ClN4O2S. The van der Waals surface area contributed by atoms with Crippen LogP contribution < -0.4 is 5.32 Å². The van der Waals surface area contributed by atoms with Crippen molar-refractivity contribution in [3.05, 3.63) is 89.4 Å². The highest BCUT2D eigenvalue weighted by Crippen LogP contribution is 2.25. The normalized spacial score (nSPS) is 11.0. The van der Waals surface area contributed by atoms with Crippen molar-refractivity contribution < 1.29 is 9.21 Å². The van der Waals surface area contributed by atoms with Crippen LogP contribution in [0.25, 0.3) is 11.5 Å². The van der Waals surface area contributed by atoms with Crippen molar-refractivity contribution >= 4 is 46.9 Å². The lowest BCUT2D eigenvalue weighted by Crippen LogP contribution is -2.13. The van der Waals surface area contributed by atoms with Crippen LogP contribution in [0.2, 0.25) is 5.02 Å². The maximum absolute atomic E-state index is 12.0. The van der Waals surface area contributed by atoms with Gasteiger partial charge in [0.15, 0.2) is 0 Å². The van der Waals surface area contributed by atoms with E-state index in [0.29, 0.717) is 16.1 Å². The van der Waals surface area contributed by atoms with E-state index in [4.69, 9.17) is 16.0 Å². The van der Waals surface area contributed by atoms with E-state index >= 15 is 0 Å². The predicted octanol–water partition coefficient (Wildman–Crippen LogP) is 5.87. The molecule has 0 aliphatic rings. The molecule has 154 valence electrons. The van der Waals surface area contributed by atoms with Gasteiger partial charge in [0.1, 0.15) is 0 Å². The van der Waals surface area contributed by atoms with Gasteiger partial charge >= 0.3 is 0 Å². The Morgan fingerprint density at radius 3 is 2.48 bits per heavy atom. The summed E-state index contributed by atoms with van der Waals surface area (Å²) in [7, 11) is 0. The zero-order valence-electron chi connectivity index (χ0n) is 16.2. The number of para-hydroxylation sites is 1. The topological polar surface area (TPSA) is 80.4 Å². The molecule has 1 heterocycles. The summed E-state index contributed by atoms with van der Waals surface area (Å²) in [4.78, 5) is 16.5. The minimum atomic E-state index is -0.140. The summed E-state index contributed by atoms with van der Waals surface area (Å²) in [6.07, 6.45) is 1.77. The number of benzene rings is 3. The molecular weight excluding hydrogens is 432 g/mol. The second kappa shape index (κ2) is 10.1. The number of nitrogens with zero attached hydrogens (tertiary/aromatic N) is 3. The summed E-state index contributed by atoms with van der Waals surface area (Å²) >= 11 is 7.08. The summed E-state index contributed by atoms with van der Waals surface area (Å²) in [5.74, 6) is 0.424. The highest BCUT2D eigenvalue weighted by molar-refractivity contribution is 7.99. The number of anilines is 1. The summed E-state index contributed by atoms with van der Waals surface area (Å²) in [6.45, 7) is 0. The van der Waals surface area contributed by atoms with Crippen LogP contribution in [0.4, 0.5) is 11.4 Å². The van der Waals surface area contributed by atoms with Gasteiger partial charge in [-0.1, -0.05) is 53.7 Å². The molecule has 31 heavy (non-hydrogen) atoms. The van der Waals surface area contributed by atoms with Crippen LogP contribution in [0.15, 0.2) is 93.5 Å². The van der Waals surface area contributed by atoms with Gasteiger partial charge in [-0.15, -0.1) is 10.2 Å². The lowest BCUT2D eigenvalue weighted by Gasteiger charge is -2.02. The Morgan fingerprint density at radius 1 is 1.00 bits per heavy atom. The number of aliphatic imine (C=N–C) groups is 1. The maximum atomic E-state index is 12.0. The molecule has 0 radical (unpaired) electrons. The van der Waals surface area contributed by atoms with E-state index in [1.54, 1.807) is 6.21 Å². The van der Waals surface area contributed by atoms with Gasteiger partial charge in [-0.25, -0.2) is 0 Å². The summed E-state index contributed by atoms with van der Waals surface area (Å²) in [5, 5.41) is 11.9. The van der Waals surface area contributed by atoms with E-state index < -0.39 is 0 Å². The van der Waals surface area contributed by atoms with Gasteiger partial charge < -0.3 is 9.73 Å². The Hall–Kier alpha value is -3.42. The molecule has 4 aromatic rings. The van der Waals surface area contributed by atoms with Gasteiger partial charge in [-0.05, 0) is 54.1 Å². The van der Waals surface area contributed by atoms with Crippen molar-refractivity contribution in [3.63, 3.8) is 0 Å². The number of nitrogens with one attached hydrogen (secondary N) is 1. The van der Waals surface area contributed by atoms with E-state index in [2.05, 4.69) is 20.5 Å². The van der Waals surface area contributed by atoms with Gasteiger partial charge in [-0.3, -0.25) is 9.79 Å². The molecule has 1 N–H and O–H groups in total. The molecule has 3 aromatic carbocycles. The predicted molar refractivity (Wildman–Crippen MR) is 124 cm³/mol. The third kappa shape index (κ3) is 6.04. The average Bonchev–Trinajstić information content (AvgIpc) is 3.27. The van der Waals surface area contributed by atoms with Gasteiger partial charge in [0.2, 0.25) is 11.8 Å². The largest absolute Gasteiger partial charge is 0.411 e. The van der Waals surface area contributed by atoms with Crippen LogP contribution in [-0.4, -0.2) is 28.1 Å².